The maximum atomic E-state index is 12.4. The fourth-order valence-corrected chi connectivity index (χ4v) is 1.77. The van der Waals surface area contributed by atoms with Crippen LogP contribution in [0.1, 0.15) is 18.6 Å². The van der Waals surface area contributed by atoms with Gasteiger partial charge in [0.15, 0.2) is 0 Å². The maximum absolute atomic E-state index is 12.4. The van der Waals surface area contributed by atoms with Crippen molar-refractivity contribution in [3.05, 3.63) is 23.8 Å². The van der Waals surface area contributed by atoms with Gasteiger partial charge in [-0.15, -0.1) is 0 Å². The van der Waals surface area contributed by atoms with Gasteiger partial charge in [-0.05, 0) is 19.1 Å². The van der Waals surface area contributed by atoms with E-state index in [9.17, 15) is 13.9 Å². The average Bonchev–Trinajstić information content (AvgIpc) is 2.26. The second-order valence-electron chi connectivity index (χ2n) is 3.84. The highest BCUT2D eigenvalue weighted by Crippen LogP contribution is 2.34. The lowest BCUT2D eigenvalue weighted by Crippen LogP contribution is -2.25. The molecule has 17 heavy (non-hydrogen) atoms. The van der Waals surface area contributed by atoms with Crippen molar-refractivity contribution in [2.24, 2.45) is 0 Å². The average molecular weight is 245 g/mol. The van der Waals surface area contributed by atoms with E-state index >= 15 is 0 Å². The lowest BCUT2D eigenvalue weighted by molar-refractivity contribution is 0.155. The number of ether oxygens (including phenoxy) is 1. The summed E-state index contributed by atoms with van der Waals surface area (Å²) in [4.78, 5) is 1.41. The first-order valence-electron chi connectivity index (χ1n) is 5.31. The van der Waals surface area contributed by atoms with Crippen LogP contribution in [0.25, 0.3) is 0 Å². The molecule has 1 N–H and O–H groups in total. The summed E-state index contributed by atoms with van der Waals surface area (Å²) >= 11 is 0. The van der Waals surface area contributed by atoms with E-state index in [1.165, 1.54) is 12.0 Å². The fraction of sp³-hybridized carbons (Fsp3) is 0.500. The third-order valence-corrected chi connectivity index (χ3v) is 2.50. The van der Waals surface area contributed by atoms with Gasteiger partial charge in [0.1, 0.15) is 5.75 Å². The molecule has 0 heterocycles. The monoisotopic (exact) mass is 245 g/mol. The second-order valence-corrected chi connectivity index (χ2v) is 3.84. The Hall–Kier alpha value is -1.36. The summed E-state index contributed by atoms with van der Waals surface area (Å²) in [6, 6.07) is 5.09. The zero-order valence-electron chi connectivity index (χ0n) is 10.2. The topological polar surface area (TPSA) is 32.7 Å². The highest BCUT2D eigenvalue weighted by Gasteiger charge is 2.18. The lowest BCUT2D eigenvalue weighted by atomic mass is 10.1. The first-order valence-corrected chi connectivity index (χ1v) is 5.31. The molecule has 1 atom stereocenters. The van der Waals surface area contributed by atoms with Gasteiger partial charge in [-0.25, -0.2) is 8.78 Å². The standard InChI is InChI=1S/C12H17F2NO2/c1-8(16)12-9(15(2)7-11(13)14)5-4-6-10(12)17-3/h4-6,8,11,16H,7H2,1-3H3/t8-/m0/s1. The van der Waals surface area contributed by atoms with E-state index in [-0.39, 0.29) is 6.54 Å². The molecule has 0 radical (unpaired) electrons. The van der Waals surface area contributed by atoms with Gasteiger partial charge >= 0.3 is 0 Å². The number of alkyl halides is 2. The lowest BCUT2D eigenvalue weighted by Gasteiger charge is -2.24. The summed E-state index contributed by atoms with van der Waals surface area (Å²) in [6.07, 6.45) is -3.20. The van der Waals surface area contributed by atoms with Crippen LogP contribution in [0.5, 0.6) is 5.75 Å². The minimum Gasteiger partial charge on any atom is -0.496 e. The van der Waals surface area contributed by atoms with Crippen LogP contribution >= 0.6 is 0 Å². The van der Waals surface area contributed by atoms with Crippen LogP contribution in [-0.2, 0) is 0 Å². The Labute approximate surface area is 99.6 Å². The summed E-state index contributed by atoms with van der Waals surface area (Å²) < 4.78 is 29.8. The summed E-state index contributed by atoms with van der Waals surface area (Å²) in [5.74, 6) is 0.499. The number of rotatable bonds is 5. The Balaban J connectivity index is 3.13. The van der Waals surface area contributed by atoms with Crippen molar-refractivity contribution in [1.29, 1.82) is 0 Å². The zero-order valence-corrected chi connectivity index (χ0v) is 10.2. The second kappa shape index (κ2) is 5.82. The van der Waals surface area contributed by atoms with Gasteiger partial charge < -0.3 is 14.7 Å². The molecular formula is C12H17F2NO2. The van der Waals surface area contributed by atoms with Crippen molar-refractivity contribution in [3.63, 3.8) is 0 Å². The molecule has 3 nitrogen and oxygen atoms in total. The minimum absolute atomic E-state index is 0.382. The van der Waals surface area contributed by atoms with Crippen molar-refractivity contribution in [1.82, 2.24) is 0 Å². The Morgan fingerprint density at radius 1 is 1.41 bits per heavy atom. The molecule has 1 rings (SSSR count). The molecule has 0 saturated heterocycles. The van der Waals surface area contributed by atoms with Crippen LogP contribution in [0.4, 0.5) is 14.5 Å². The quantitative estimate of drug-likeness (QED) is 0.865. The highest BCUT2D eigenvalue weighted by molar-refractivity contribution is 5.60. The molecule has 0 fully saturated rings. The Bertz CT molecular complexity index is 370. The predicted molar refractivity (Wildman–Crippen MR) is 62.9 cm³/mol. The number of halogens is 2. The van der Waals surface area contributed by atoms with Gasteiger partial charge in [0.05, 0.1) is 19.8 Å². The van der Waals surface area contributed by atoms with Crippen LogP contribution in [0.2, 0.25) is 0 Å². The Morgan fingerprint density at radius 2 is 2.06 bits per heavy atom. The van der Waals surface area contributed by atoms with Gasteiger partial charge in [-0.1, -0.05) is 6.07 Å². The van der Waals surface area contributed by atoms with Crippen molar-refractivity contribution < 1.29 is 18.6 Å². The van der Waals surface area contributed by atoms with E-state index in [0.29, 0.717) is 17.0 Å². The molecule has 0 saturated carbocycles. The number of nitrogens with zero attached hydrogens (tertiary/aromatic N) is 1. The van der Waals surface area contributed by atoms with Crippen molar-refractivity contribution >= 4 is 5.69 Å². The number of benzene rings is 1. The largest absolute Gasteiger partial charge is 0.496 e. The normalized spacial score (nSPS) is 12.6. The van der Waals surface area contributed by atoms with E-state index in [1.807, 2.05) is 0 Å². The molecule has 0 aliphatic heterocycles. The number of aliphatic hydroxyl groups excluding tert-OH is 1. The molecule has 1 aromatic carbocycles. The van der Waals surface area contributed by atoms with Crippen molar-refractivity contribution in [3.8, 4) is 5.75 Å². The summed E-state index contributed by atoms with van der Waals surface area (Å²) in [6.45, 7) is 1.20. The first-order chi connectivity index (χ1) is 7.97. The Kier molecular flexibility index (Phi) is 4.69. The fourth-order valence-electron chi connectivity index (χ4n) is 1.77. The summed E-state index contributed by atoms with van der Waals surface area (Å²) in [5.41, 5.74) is 1.08. The van der Waals surface area contributed by atoms with Crippen molar-refractivity contribution in [2.75, 3.05) is 25.6 Å². The molecule has 5 heteroatoms. The van der Waals surface area contributed by atoms with Crippen LogP contribution < -0.4 is 9.64 Å². The van der Waals surface area contributed by atoms with E-state index in [1.54, 1.807) is 32.2 Å². The SMILES string of the molecule is COc1cccc(N(C)CC(F)F)c1[C@H](C)O. The van der Waals surface area contributed by atoms with Crippen LogP contribution in [-0.4, -0.2) is 32.2 Å². The zero-order chi connectivity index (χ0) is 13.0. The van der Waals surface area contributed by atoms with E-state index < -0.39 is 12.5 Å². The van der Waals surface area contributed by atoms with Crippen LogP contribution in [0.3, 0.4) is 0 Å². The van der Waals surface area contributed by atoms with Gasteiger partial charge in [0, 0.05) is 18.3 Å². The van der Waals surface area contributed by atoms with E-state index in [4.69, 9.17) is 4.74 Å². The molecular weight excluding hydrogens is 228 g/mol. The third kappa shape index (κ3) is 3.30. The molecule has 0 spiro atoms. The summed E-state index contributed by atoms with van der Waals surface area (Å²) in [5, 5.41) is 9.71. The van der Waals surface area contributed by atoms with E-state index in [0.717, 1.165) is 0 Å². The van der Waals surface area contributed by atoms with Gasteiger partial charge in [0.25, 0.3) is 6.43 Å². The molecule has 0 aliphatic carbocycles. The number of hydrogen-bond acceptors (Lipinski definition) is 3. The van der Waals surface area contributed by atoms with Gasteiger partial charge in [0.2, 0.25) is 0 Å². The minimum atomic E-state index is -2.42. The third-order valence-electron chi connectivity index (χ3n) is 2.50. The molecule has 1 aromatic rings. The highest BCUT2D eigenvalue weighted by atomic mass is 19.3. The number of hydrogen-bond donors (Lipinski definition) is 1. The van der Waals surface area contributed by atoms with Gasteiger partial charge in [-0.3, -0.25) is 0 Å². The van der Waals surface area contributed by atoms with Gasteiger partial charge in [-0.2, -0.15) is 0 Å². The number of aliphatic hydroxyl groups is 1. The van der Waals surface area contributed by atoms with E-state index in [2.05, 4.69) is 0 Å². The predicted octanol–water partition coefficient (Wildman–Crippen LogP) is 2.45. The first kappa shape index (κ1) is 13.7. The van der Waals surface area contributed by atoms with Crippen LogP contribution in [0.15, 0.2) is 18.2 Å². The van der Waals surface area contributed by atoms with Crippen LogP contribution in [0, 0.1) is 0 Å². The number of anilines is 1. The molecule has 0 amide bonds. The molecule has 0 aliphatic rings. The Morgan fingerprint density at radius 3 is 2.53 bits per heavy atom. The summed E-state index contributed by atoms with van der Waals surface area (Å²) in [7, 11) is 3.05. The molecule has 0 aromatic heterocycles. The maximum Gasteiger partial charge on any atom is 0.255 e. The molecule has 0 unspecified atom stereocenters. The van der Waals surface area contributed by atoms with Crippen molar-refractivity contribution in [2.45, 2.75) is 19.5 Å². The molecule has 0 bridgehead atoms. The molecule has 96 valence electrons. The smallest absolute Gasteiger partial charge is 0.255 e. The number of methoxy groups -OCH3 is 1.